The first-order chi connectivity index (χ1) is 8.65. The van der Waals surface area contributed by atoms with Gasteiger partial charge >= 0.3 is 48.7 Å². The Balaban J connectivity index is -0.00000162. The van der Waals surface area contributed by atoms with E-state index in [0.29, 0.717) is 0 Å². The fraction of sp³-hybridized carbons (Fsp3) is 0.500. The van der Waals surface area contributed by atoms with Crippen LogP contribution in [0.4, 0.5) is 0 Å². The van der Waals surface area contributed by atoms with E-state index in [2.05, 4.69) is 14.2 Å². The van der Waals surface area contributed by atoms with Crippen molar-refractivity contribution in [1.82, 2.24) is 0 Å². The topological polar surface area (TPSA) is 139 Å². The van der Waals surface area contributed by atoms with Gasteiger partial charge < -0.3 is 21.4 Å². The van der Waals surface area contributed by atoms with E-state index >= 15 is 0 Å². The van der Waals surface area contributed by atoms with E-state index in [-0.39, 0.29) is 20.3 Å². The average Bonchev–Trinajstić information content (AvgIpc) is 2.27. The maximum atomic E-state index is 11.2. The molecule has 0 aliphatic carbocycles. The summed E-state index contributed by atoms with van der Waals surface area (Å²) in [4.78, 5) is 54.5. The maximum absolute atomic E-state index is 11.2. The second kappa shape index (κ2) is 9.25. The van der Waals surface area contributed by atoms with Crippen LogP contribution in [0.3, 0.4) is 0 Å². The summed E-state index contributed by atoms with van der Waals surface area (Å²) >= 11 is 0. The summed E-state index contributed by atoms with van der Waals surface area (Å²) in [7, 11) is 0. The third-order valence-electron chi connectivity index (χ3n) is 1.59. The quantitative estimate of drug-likeness (QED) is 0.178. The Bertz CT molecular complexity index is 425. The molecule has 0 aromatic carbocycles. The molecule has 0 heterocycles. The van der Waals surface area contributed by atoms with Gasteiger partial charge in [0.05, 0.1) is 0 Å². The van der Waals surface area contributed by atoms with E-state index in [0.717, 1.165) is 13.8 Å². The fourth-order valence-electron chi connectivity index (χ4n) is 0.718. The molecule has 0 radical (unpaired) electrons. The number of carbonyl (C=O) groups is 5. The van der Waals surface area contributed by atoms with Crippen molar-refractivity contribution < 1.29 is 58.5 Å². The van der Waals surface area contributed by atoms with Crippen molar-refractivity contribution in [1.29, 1.82) is 0 Å². The summed E-state index contributed by atoms with van der Waals surface area (Å²) in [5.41, 5.74) is 5.18. The Morgan fingerprint density at radius 2 is 1.40 bits per heavy atom. The number of carbonyl (C=O) groups excluding carboxylic acids is 5. The summed E-state index contributed by atoms with van der Waals surface area (Å²) in [6, 6.07) is -0.964. The molecular formula is C10H14LiNO8. The van der Waals surface area contributed by atoms with Crippen LogP contribution in [0, 0.1) is 0 Å². The van der Waals surface area contributed by atoms with Gasteiger partial charge in [-0.25, -0.2) is 14.4 Å². The zero-order valence-electron chi connectivity index (χ0n) is 12.5. The van der Waals surface area contributed by atoms with Crippen LogP contribution in [-0.2, 0) is 38.2 Å². The van der Waals surface area contributed by atoms with Gasteiger partial charge in [0.1, 0.15) is 6.04 Å². The van der Waals surface area contributed by atoms with Crippen molar-refractivity contribution in [2.45, 2.75) is 32.9 Å². The van der Waals surface area contributed by atoms with Crippen molar-refractivity contribution in [3.05, 3.63) is 0 Å². The Morgan fingerprint density at radius 1 is 0.950 bits per heavy atom. The van der Waals surface area contributed by atoms with Gasteiger partial charge in [0.2, 0.25) is 0 Å². The van der Waals surface area contributed by atoms with E-state index in [4.69, 9.17) is 5.73 Å². The second-order valence-corrected chi connectivity index (χ2v) is 3.46. The monoisotopic (exact) mass is 283 g/mol. The minimum absolute atomic E-state index is 0. The SMILES string of the molecule is CC(=O)OC(=O)C(=O)OC(=O)C(C)OC(=O)[C@H](C)N.[H-].[Li+]. The van der Waals surface area contributed by atoms with Gasteiger partial charge in [-0.15, -0.1) is 0 Å². The van der Waals surface area contributed by atoms with Gasteiger partial charge in [-0.05, 0) is 13.8 Å². The smallest absolute Gasteiger partial charge is 1.00 e. The van der Waals surface area contributed by atoms with Crippen LogP contribution >= 0.6 is 0 Å². The van der Waals surface area contributed by atoms with E-state index in [1.165, 1.54) is 6.92 Å². The van der Waals surface area contributed by atoms with Crippen molar-refractivity contribution in [3.63, 3.8) is 0 Å². The first-order valence-electron chi connectivity index (χ1n) is 5.09. The molecule has 0 aliphatic heterocycles. The third kappa shape index (κ3) is 7.68. The normalized spacial score (nSPS) is 12.2. The molecule has 10 heteroatoms. The van der Waals surface area contributed by atoms with Gasteiger partial charge in [0.15, 0.2) is 6.10 Å². The summed E-state index contributed by atoms with van der Waals surface area (Å²) in [6.07, 6.45) is -1.44. The van der Waals surface area contributed by atoms with Crippen LogP contribution in [0.1, 0.15) is 22.2 Å². The molecule has 1 unspecified atom stereocenters. The fourth-order valence-corrected chi connectivity index (χ4v) is 0.718. The molecule has 0 amide bonds. The summed E-state index contributed by atoms with van der Waals surface area (Å²) in [5.74, 6) is -6.55. The van der Waals surface area contributed by atoms with Crippen LogP contribution in [0.5, 0.6) is 0 Å². The van der Waals surface area contributed by atoms with E-state index in [1.54, 1.807) is 0 Å². The summed E-state index contributed by atoms with van der Waals surface area (Å²) in [6.45, 7) is 3.34. The van der Waals surface area contributed by atoms with Gasteiger partial charge in [0.25, 0.3) is 0 Å². The van der Waals surface area contributed by atoms with Crippen LogP contribution in [0.25, 0.3) is 0 Å². The van der Waals surface area contributed by atoms with Gasteiger partial charge in [-0.2, -0.15) is 0 Å². The van der Waals surface area contributed by atoms with Crippen molar-refractivity contribution in [2.24, 2.45) is 5.73 Å². The molecule has 108 valence electrons. The third-order valence-corrected chi connectivity index (χ3v) is 1.59. The Labute approximate surface area is 127 Å². The number of rotatable bonds is 3. The molecule has 0 fully saturated rings. The molecule has 0 rings (SSSR count). The van der Waals surface area contributed by atoms with Crippen LogP contribution < -0.4 is 24.6 Å². The predicted octanol–water partition coefficient (Wildman–Crippen LogP) is -4.46. The number of hydrogen-bond acceptors (Lipinski definition) is 9. The molecule has 0 aromatic rings. The molecular weight excluding hydrogens is 269 g/mol. The number of nitrogens with two attached hydrogens (primary N) is 1. The molecule has 2 atom stereocenters. The number of ether oxygens (including phenoxy) is 3. The standard InChI is InChI=1S/C10H13NO8.Li.H/c1-4(11)7(13)17-5(2)8(14)19-10(16)9(15)18-6(3)12;;/h4-5H,11H2,1-3H3;;/q;+1;-1/t4-,5?;;/m0../s1. The Kier molecular flexibility index (Phi) is 9.54. The molecule has 2 N–H and O–H groups in total. The minimum Gasteiger partial charge on any atom is -1.00 e. The molecule has 0 saturated carbocycles. The summed E-state index contributed by atoms with van der Waals surface area (Å²) in [5, 5.41) is 0. The average molecular weight is 283 g/mol. The van der Waals surface area contributed by atoms with Crippen LogP contribution in [0.2, 0.25) is 0 Å². The van der Waals surface area contributed by atoms with Gasteiger partial charge in [0, 0.05) is 6.92 Å². The zero-order chi connectivity index (χ0) is 15.2. The molecule has 9 nitrogen and oxygen atoms in total. The number of esters is 5. The Morgan fingerprint density at radius 3 is 1.80 bits per heavy atom. The molecule has 0 aromatic heterocycles. The second-order valence-electron chi connectivity index (χ2n) is 3.46. The van der Waals surface area contributed by atoms with E-state index < -0.39 is 42.0 Å². The van der Waals surface area contributed by atoms with Crippen molar-refractivity contribution in [3.8, 4) is 0 Å². The molecule has 0 spiro atoms. The van der Waals surface area contributed by atoms with E-state index in [1.807, 2.05) is 0 Å². The van der Waals surface area contributed by atoms with Gasteiger partial charge in [-0.1, -0.05) is 0 Å². The van der Waals surface area contributed by atoms with Crippen LogP contribution in [0.15, 0.2) is 0 Å². The Hall–Kier alpha value is -1.69. The summed E-state index contributed by atoms with van der Waals surface area (Å²) < 4.78 is 12.4. The van der Waals surface area contributed by atoms with Crippen molar-refractivity contribution in [2.75, 3.05) is 0 Å². The first-order valence-corrected chi connectivity index (χ1v) is 5.09. The molecule has 0 aliphatic rings. The zero-order valence-corrected chi connectivity index (χ0v) is 11.5. The maximum Gasteiger partial charge on any atom is 1.00 e. The number of hydrogen-bond donors (Lipinski definition) is 1. The van der Waals surface area contributed by atoms with E-state index in [9.17, 15) is 24.0 Å². The van der Waals surface area contributed by atoms with Crippen molar-refractivity contribution >= 4 is 29.8 Å². The molecule has 0 bridgehead atoms. The van der Waals surface area contributed by atoms with Gasteiger partial charge in [-0.3, -0.25) is 9.59 Å². The first kappa shape index (κ1) is 20.6. The molecule has 20 heavy (non-hydrogen) atoms. The largest absolute Gasteiger partial charge is 1.00 e. The van der Waals surface area contributed by atoms with Crippen LogP contribution in [-0.4, -0.2) is 42.0 Å². The predicted molar refractivity (Wildman–Crippen MR) is 58.2 cm³/mol. The minimum atomic E-state index is -1.69. The molecule has 0 saturated heterocycles.